The van der Waals surface area contributed by atoms with Gasteiger partial charge in [-0.3, -0.25) is 9.59 Å². The molecule has 120 valence electrons. The van der Waals surface area contributed by atoms with Crippen molar-refractivity contribution in [3.05, 3.63) is 24.3 Å². The molecule has 0 saturated carbocycles. The van der Waals surface area contributed by atoms with Gasteiger partial charge in [0, 0.05) is 37.9 Å². The lowest BCUT2D eigenvalue weighted by atomic mass is 10.1. The van der Waals surface area contributed by atoms with Crippen LogP contribution in [-0.4, -0.2) is 56.0 Å². The fourth-order valence-corrected chi connectivity index (χ4v) is 2.53. The summed E-state index contributed by atoms with van der Waals surface area (Å²) in [7, 11) is 1.63. The molecule has 0 radical (unpaired) electrons. The van der Waals surface area contributed by atoms with Crippen molar-refractivity contribution < 1.29 is 14.3 Å². The van der Waals surface area contributed by atoms with E-state index in [9.17, 15) is 9.59 Å². The molecule has 1 fully saturated rings. The average molecular weight is 306 g/mol. The fraction of sp³-hybridized carbons (Fsp3) is 0.467. The standard InChI is InChI=1S/C15H22N4O3/c1-22-12-4-2-3-11(9-12)18-5-7-19(8-6-18)15(21)13(16)10-14(17)20/h2-4,9,13H,5-8,10,16H2,1H3,(H2,17,20). The summed E-state index contributed by atoms with van der Waals surface area (Å²) in [6.45, 7) is 2.56. The lowest BCUT2D eigenvalue weighted by Crippen LogP contribution is -2.53. The van der Waals surface area contributed by atoms with E-state index in [1.54, 1.807) is 12.0 Å². The molecule has 2 amide bonds. The zero-order valence-electron chi connectivity index (χ0n) is 12.7. The number of hydrogen-bond donors (Lipinski definition) is 2. The lowest BCUT2D eigenvalue weighted by molar-refractivity contribution is -0.134. The van der Waals surface area contributed by atoms with E-state index in [0.717, 1.165) is 11.4 Å². The number of anilines is 1. The first-order valence-corrected chi connectivity index (χ1v) is 7.23. The van der Waals surface area contributed by atoms with Gasteiger partial charge in [0.15, 0.2) is 0 Å². The van der Waals surface area contributed by atoms with Gasteiger partial charge in [-0.05, 0) is 12.1 Å². The third-order valence-corrected chi connectivity index (χ3v) is 3.75. The van der Waals surface area contributed by atoms with Crippen LogP contribution >= 0.6 is 0 Å². The molecule has 4 N–H and O–H groups in total. The van der Waals surface area contributed by atoms with E-state index in [2.05, 4.69) is 4.90 Å². The first kappa shape index (κ1) is 16.1. The normalized spacial score (nSPS) is 16.3. The molecule has 22 heavy (non-hydrogen) atoms. The van der Waals surface area contributed by atoms with Crippen molar-refractivity contribution >= 4 is 17.5 Å². The number of nitrogens with zero attached hydrogens (tertiary/aromatic N) is 2. The molecule has 1 heterocycles. The number of rotatable bonds is 5. The Morgan fingerprint density at radius 2 is 1.95 bits per heavy atom. The largest absolute Gasteiger partial charge is 0.497 e. The van der Waals surface area contributed by atoms with Crippen LogP contribution in [-0.2, 0) is 9.59 Å². The average Bonchev–Trinajstić information content (AvgIpc) is 2.53. The molecule has 7 heteroatoms. The van der Waals surface area contributed by atoms with Gasteiger partial charge in [0.2, 0.25) is 11.8 Å². The van der Waals surface area contributed by atoms with Crippen molar-refractivity contribution in [1.29, 1.82) is 0 Å². The molecule has 0 aromatic heterocycles. The van der Waals surface area contributed by atoms with Gasteiger partial charge >= 0.3 is 0 Å². The highest BCUT2D eigenvalue weighted by Gasteiger charge is 2.26. The molecule has 0 bridgehead atoms. The smallest absolute Gasteiger partial charge is 0.240 e. The maximum atomic E-state index is 12.1. The SMILES string of the molecule is COc1cccc(N2CCN(C(=O)C(N)CC(N)=O)CC2)c1. The lowest BCUT2D eigenvalue weighted by Gasteiger charge is -2.37. The third kappa shape index (κ3) is 3.88. The molecule has 1 atom stereocenters. The Morgan fingerprint density at radius 3 is 2.55 bits per heavy atom. The number of carbonyl (C=O) groups is 2. The van der Waals surface area contributed by atoms with Gasteiger partial charge in [-0.25, -0.2) is 0 Å². The van der Waals surface area contributed by atoms with Gasteiger partial charge in [0.05, 0.1) is 19.6 Å². The van der Waals surface area contributed by atoms with Crippen molar-refractivity contribution in [3.63, 3.8) is 0 Å². The molecule has 0 spiro atoms. The van der Waals surface area contributed by atoms with E-state index >= 15 is 0 Å². The second kappa shape index (κ2) is 7.13. The van der Waals surface area contributed by atoms with E-state index in [4.69, 9.17) is 16.2 Å². The van der Waals surface area contributed by atoms with Crippen molar-refractivity contribution in [2.24, 2.45) is 11.5 Å². The minimum absolute atomic E-state index is 0.116. The zero-order chi connectivity index (χ0) is 16.1. The van der Waals surface area contributed by atoms with Gasteiger partial charge in [0.25, 0.3) is 0 Å². The monoisotopic (exact) mass is 306 g/mol. The van der Waals surface area contributed by atoms with Crippen molar-refractivity contribution in [2.75, 3.05) is 38.2 Å². The van der Waals surface area contributed by atoms with Crippen LogP contribution < -0.4 is 21.1 Å². The van der Waals surface area contributed by atoms with Crippen molar-refractivity contribution in [3.8, 4) is 5.75 Å². The summed E-state index contributed by atoms with van der Waals surface area (Å²) < 4.78 is 5.22. The quantitative estimate of drug-likeness (QED) is 0.767. The van der Waals surface area contributed by atoms with Gasteiger partial charge in [-0.15, -0.1) is 0 Å². The summed E-state index contributed by atoms with van der Waals surface area (Å²) in [6, 6.07) is 6.97. The second-order valence-corrected chi connectivity index (χ2v) is 5.29. The molecule has 1 aromatic rings. The van der Waals surface area contributed by atoms with E-state index < -0.39 is 11.9 Å². The number of benzene rings is 1. The van der Waals surface area contributed by atoms with Crippen LogP contribution in [0.1, 0.15) is 6.42 Å². The Morgan fingerprint density at radius 1 is 1.27 bits per heavy atom. The number of methoxy groups -OCH3 is 1. The summed E-state index contributed by atoms with van der Waals surface area (Å²) in [4.78, 5) is 26.8. The molecule has 1 unspecified atom stereocenters. The maximum absolute atomic E-state index is 12.1. The first-order chi connectivity index (χ1) is 10.5. The van der Waals surface area contributed by atoms with Crippen LogP contribution in [0.2, 0.25) is 0 Å². The molecule has 1 aromatic carbocycles. The highest BCUT2D eigenvalue weighted by molar-refractivity contribution is 5.87. The van der Waals surface area contributed by atoms with E-state index in [0.29, 0.717) is 26.2 Å². The second-order valence-electron chi connectivity index (χ2n) is 5.29. The van der Waals surface area contributed by atoms with Crippen LogP contribution in [0.4, 0.5) is 5.69 Å². The summed E-state index contributed by atoms with van der Waals surface area (Å²) in [5, 5.41) is 0. The molecule has 0 aliphatic carbocycles. The van der Waals surface area contributed by atoms with Crippen molar-refractivity contribution in [2.45, 2.75) is 12.5 Å². The Kier molecular flexibility index (Phi) is 5.21. The van der Waals surface area contributed by atoms with Gasteiger partial charge < -0.3 is 26.0 Å². The van der Waals surface area contributed by atoms with Crippen LogP contribution in [0, 0.1) is 0 Å². The number of primary amides is 1. The summed E-state index contributed by atoms with van der Waals surface area (Å²) in [6.07, 6.45) is -0.116. The number of amides is 2. The number of ether oxygens (including phenoxy) is 1. The van der Waals surface area contributed by atoms with Crippen LogP contribution in [0.5, 0.6) is 5.75 Å². The highest BCUT2D eigenvalue weighted by atomic mass is 16.5. The first-order valence-electron chi connectivity index (χ1n) is 7.23. The minimum atomic E-state index is -0.846. The molecule has 1 aliphatic heterocycles. The highest BCUT2D eigenvalue weighted by Crippen LogP contribution is 2.22. The van der Waals surface area contributed by atoms with E-state index in [-0.39, 0.29) is 12.3 Å². The topological polar surface area (TPSA) is 102 Å². The van der Waals surface area contributed by atoms with Gasteiger partial charge in [0.1, 0.15) is 5.75 Å². The molecule has 2 rings (SSSR count). The van der Waals surface area contributed by atoms with E-state index in [1.807, 2.05) is 24.3 Å². The number of carbonyl (C=O) groups excluding carboxylic acids is 2. The van der Waals surface area contributed by atoms with Crippen LogP contribution in [0.3, 0.4) is 0 Å². The Balaban J connectivity index is 1.92. The molecular weight excluding hydrogens is 284 g/mol. The summed E-state index contributed by atoms with van der Waals surface area (Å²) >= 11 is 0. The predicted molar refractivity (Wildman–Crippen MR) is 83.6 cm³/mol. The fourth-order valence-electron chi connectivity index (χ4n) is 2.53. The third-order valence-electron chi connectivity index (χ3n) is 3.75. The number of piperazine rings is 1. The van der Waals surface area contributed by atoms with E-state index in [1.165, 1.54) is 0 Å². The molecule has 1 aliphatic rings. The predicted octanol–water partition coefficient (Wildman–Crippen LogP) is -0.453. The van der Waals surface area contributed by atoms with Gasteiger partial charge in [-0.1, -0.05) is 6.07 Å². The molecule has 7 nitrogen and oxygen atoms in total. The van der Waals surface area contributed by atoms with Crippen LogP contribution in [0.15, 0.2) is 24.3 Å². The van der Waals surface area contributed by atoms with Gasteiger partial charge in [-0.2, -0.15) is 0 Å². The van der Waals surface area contributed by atoms with Crippen molar-refractivity contribution in [1.82, 2.24) is 4.90 Å². The summed E-state index contributed by atoms with van der Waals surface area (Å²) in [5.74, 6) is 0.0273. The van der Waals surface area contributed by atoms with Crippen LogP contribution in [0.25, 0.3) is 0 Å². The molecular formula is C15H22N4O3. The zero-order valence-corrected chi connectivity index (χ0v) is 12.7. The number of hydrogen-bond acceptors (Lipinski definition) is 5. The maximum Gasteiger partial charge on any atom is 0.240 e. The summed E-state index contributed by atoms with van der Waals surface area (Å²) in [5.41, 5.74) is 11.8. The Hall–Kier alpha value is -2.28. The minimum Gasteiger partial charge on any atom is -0.497 e. The molecule has 1 saturated heterocycles. The Labute approximate surface area is 129 Å². The number of nitrogens with two attached hydrogens (primary N) is 2. The Bertz CT molecular complexity index is 541.